The Labute approximate surface area is 336 Å². The van der Waals surface area contributed by atoms with Crippen LogP contribution in [0.5, 0.6) is 11.5 Å². The lowest BCUT2D eigenvalue weighted by molar-refractivity contribution is -0.137. The minimum Gasteiger partial charge on any atom is -0.494 e. The topological polar surface area (TPSA) is 148 Å². The number of hydrogen-bond donors (Lipinski definition) is 1. The van der Waals surface area contributed by atoms with Crippen molar-refractivity contribution in [1.82, 2.24) is 4.90 Å². The molecule has 0 saturated carbocycles. The Kier molecular flexibility index (Phi) is 15.6. The van der Waals surface area contributed by atoms with E-state index < -0.39 is 51.2 Å². The number of carbonyl (C=O) groups excluding carboxylic acids is 2. The van der Waals surface area contributed by atoms with Crippen molar-refractivity contribution in [3.05, 3.63) is 161 Å². The third-order valence-electron chi connectivity index (χ3n) is 8.81. The molecular weight excluding hydrogens is 765 g/mol. The third kappa shape index (κ3) is 12.9. The molecule has 0 saturated heterocycles. The van der Waals surface area contributed by atoms with Crippen molar-refractivity contribution in [2.45, 2.75) is 57.1 Å². The molecule has 5 aromatic rings. The predicted molar refractivity (Wildman–Crippen MR) is 221 cm³/mol. The summed E-state index contributed by atoms with van der Waals surface area (Å²) in [4.78, 5) is 39.4. The van der Waals surface area contributed by atoms with Gasteiger partial charge in [0.15, 0.2) is 0 Å². The van der Waals surface area contributed by atoms with E-state index in [0.717, 1.165) is 21.5 Å². The SMILES string of the molecule is CCCCCCCOc1ccc(C(=O)Oc2ccc(CN(CC(=O)O)C(=O)c3ccc(N(S(=O)Cc4ccccc4)S(=O)(=O)Cc4ccccc4)cc3)cc2)cc1. The Hall–Kier alpha value is -5.79. The molecule has 0 fully saturated rings. The van der Waals surface area contributed by atoms with E-state index in [-0.39, 0.29) is 29.3 Å². The van der Waals surface area contributed by atoms with Gasteiger partial charge in [0.1, 0.15) is 29.0 Å². The zero-order chi connectivity index (χ0) is 40.6. The Morgan fingerprint density at radius 2 is 1.25 bits per heavy atom. The molecule has 0 aliphatic carbocycles. The number of amides is 1. The van der Waals surface area contributed by atoms with E-state index in [0.29, 0.717) is 34.6 Å². The molecular formula is C44H46N2O9S2. The van der Waals surface area contributed by atoms with Crippen molar-refractivity contribution in [3.63, 3.8) is 0 Å². The molecule has 0 aliphatic heterocycles. The average Bonchev–Trinajstić information content (AvgIpc) is 3.20. The lowest BCUT2D eigenvalue weighted by Crippen LogP contribution is -2.36. The Balaban J connectivity index is 1.24. The summed E-state index contributed by atoms with van der Waals surface area (Å²) < 4.78 is 53.4. The number of benzene rings is 5. The molecule has 57 heavy (non-hydrogen) atoms. The minimum absolute atomic E-state index is 0.0677. The highest BCUT2D eigenvalue weighted by molar-refractivity contribution is 8.06. The van der Waals surface area contributed by atoms with Crippen LogP contribution >= 0.6 is 0 Å². The number of anilines is 1. The van der Waals surface area contributed by atoms with Gasteiger partial charge in [-0.3, -0.25) is 9.59 Å². The van der Waals surface area contributed by atoms with Crippen molar-refractivity contribution < 1.29 is 41.6 Å². The molecule has 11 nitrogen and oxygen atoms in total. The first-order chi connectivity index (χ1) is 27.5. The third-order valence-corrected chi connectivity index (χ3v) is 12.6. The number of carbonyl (C=O) groups is 3. The summed E-state index contributed by atoms with van der Waals surface area (Å²) in [6.07, 6.45) is 5.68. The molecule has 1 atom stereocenters. The van der Waals surface area contributed by atoms with E-state index >= 15 is 0 Å². The van der Waals surface area contributed by atoms with Crippen LogP contribution in [0.3, 0.4) is 0 Å². The van der Waals surface area contributed by atoms with E-state index in [9.17, 15) is 32.1 Å². The van der Waals surface area contributed by atoms with Gasteiger partial charge in [-0.15, -0.1) is 0 Å². The number of sulfonamides is 1. The standard InChI is InChI=1S/C44H46N2O9S2/c1-2-3-4-5-12-29-54-40-27-21-38(22-28-40)44(50)55-41-25-17-34(18-26-41)30-45(31-42(47)48)43(49)37-19-23-39(24-20-37)46(56(51)32-35-13-8-6-9-14-35)57(52,53)33-36-15-10-7-11-16-36/h6-11,13-28H,2-5,12,29-33H2,1H3,(H,47,48). The van der Waals surface area contributed by atoms with E-state index in [2.05, 4.69) is 6.92 Å². The number of hydrogen-bond acceptors (Lipinski definition) is 8. The summed E-state index contributed by atoms with van der Waals surface area (Å²) in [6.45, 7) is 2.09. The summed E-state index contributed by atoms with van der Waals surface area (Å²) in [5.41, 5.74) is 2.30. The van der Waals surface area contributed by atoms with Crippen LogP contribution in [0.15, 0.2) is 133 Å². The summed E-state index contributed by atoms with van der Waals surface area (Å²) >= 11 is 0. The number of unbranched alkanes of at least 4 members (excludes halogenated alkanes) is 4. The van der Waals surface area contributed by atoms with E-state index in [4.69, 9.17) is 9.47 Å². The highest BCUT2D eigenvalue weighted by atomic mass is 32.3. The van der Waals surface area contributed by atoms with Gasteiger partial charge >= 0.3 is 11.9 Å². The van der Waals surface area contributed by atoms with Gasteiger partial charge in [-0.25, -0.2) is 17.4 Å². The molecule has 0 heterocycles. The second-order valence-corrected chi connectivity index (χ2v) is 16.7. The van der Waals surface area contributed by atoms with Crippen LogP contribution in [-0.2, 0) is 43.9 Å². The Morgan fingerprint density at radius 1 is 0.667 bits per heavy atom. The molecule has 0 bridgehead atoms. The zero-order valence-electron chi connectivity index (χ0n) is 31.7. The molecule has 13 heteroatoms. The van der Waals surface area contributed by atoms with Gasteiger partial charge in [0, 0.05) is 12.1 Å². The van der Waals surface area contributed by atoms with Crippen molar-refractivity contribution in [2.75, 3.05) is 16.9 Å². The molecule has 1 unspecified atom stereocenters. The van der Waals surface area contributed by atoms with Crippen molar-refractivity contribution >= 4 is 44.5 Å². The fourth-order valence-corrected chi connectivity index (χ4v) is 9.38. The molecule has 298 valence electrons. The monoisotopic (exact) mass is 810 g/mol. The summed E-state index contributed by atoms with van der Waals surface area (Å²) in [7, 11) is -6.21. The smallest absolute Gasteiger partial charge is 0.343 e. The summed E-state index contributed by atoms with van der Waals surface area (Å²) in [5.74, 6) is -1.94. The minimum atomic E-state index is -4.17. The van der Waals surface area contributed by atoms with Gasteiger partial charge in [-0.05, 0) is 83.8 Å². The maximum absolute atomic E-state index is 13.8. The number of ether oxygens (including phenoxy) is 2. The van der Waals surface area contributed by atoms with Crippen LogP contribution in [0.2, 0.25) is 0 Å². The maximum Gasteiger partial charge on any atom is 0.343 e. The molecule has 0 spiro atoms. The van der Waals surface area contributed by atoms with Crippen LogP contribution in [0.4, 0.5) is 5.69 Å². The van der Waals surface area contributed by atoms with Crippen molar-refractivity contribution in [1.29, 1.82) is 0 Å². The second-order valence-electron chi connectivity index (χ2n) is 13.3. The maximum atomic E-state index is 13.8. The molecule has 1 N–H and O–H groups in total. The molecule has 5 aromatic carbocycles. The summed E-state index contributed by atoms with van der Waals surface area (Å²) in [5, 5.41) is 9.65. The molecule has 0 aliphatic rings. The van der Waals surface area contributed by atoms with Crippen LogP contribution in [0.25, 0.3) is 0 Å². The van der Waals surface area contributed by atoms with E-state index in [1.54, 1.807) is 109 Å². The lowest BCUT2D eigenvalue weighted by Gasteiger charge is -2.24. The quantitative estimate of drug-likeness (QED) is 0.0440. The largest absolute Gasteiger partial charge is 0.494 e. The highest BCUT2D eigenvalue weighted by Crippen LogP contribution is 2.26. The van der Waals surface area contributed by atoms with E-state index in [1.165, 1.54) is 43.5 Å². The van der Waals surface area contributed by atoms with Crippen LogP contribution < -0.4 is 13.2 Å². The fraction of sp³-hybridized carbons (Fsp3) is 0.250. The van der Waals surface area contributed by atoms with Crippen LogP contribution in [0.1, 0.15) is 76.4 Å². The van der Waals surface area contributed by atoms with Crippen LogP contribution in [0, 0.1) is 0 Å². The predicted octanol–water partition coefficient (Wildman–Crippen LogP) is 8.18. The molecule has 0 radical (unpaired) electrons. The van der Waals surface area contributed by atoms with E-state index in [1.807, 2.05) is 0 Å². The highest BCUT2D eigenvalue weighted by Gasteiger charge is 2.29. The van der Waals surface area contributed by atoms with Gasteiger partial charge in [0.2, 0.25) is 0 Å². The summed E-state index contributed by atoms with van der Waals surface area (Å²) in [6, 6.07) is 36.0. The normalized spacial score (nSPS) is 11.7. The van der Waals surface area contributed by atoms with Gasteiger partial charge in [-0.1, -0.05) is 105 Å². The van der Waals surface area contributed by atoms with Crippen LogP contribution in [-0.4, -0.2) is 53.6 Å². The first kappa shape index (κ1) is 42.4. The zero-order valence-corrected chi connectivity index (χ0v) is 33.3. The number of carboxylic acids is 1. The molecule has 1 amide bonds. The second kappa shape index (κ2) is 20.9. The van der Waals surface area contributed by atoms with Crippen molar-refractivity contribution in [3.8, 4) is 11.5 Å². The molecule has 5 rings (SSSR count). The Bertz CT molecular complexity index is 2200. The van der Waals surface area contributed by atoms with Gasteiger partial charge in [0.05, 0.1) is 29.4 Å². The fourth-order valence-electron chi connectivity index (χ4n) is 5.93. The average molecular weight is 811 g/mol. The van der Waals surface area contributed by atoms with Gasteiger partial charge < -0.3 is 19.5 Å². The number of rotatable bonds is 21. The number of esters is 1. The lowest BCUT2D eigenvalue weighted by atomic mass is 10.1. The number of nitrogens with zero attached hydrogens (tertiary/aromatic N) is 2. The first-order valence-electron chi connectivity index (χ1n) is 18.7. The van der Waals surface area contributed by atoms with Crippen molar-refractivity contribution in [2.24, 2.45) is 0 Å². The first-order valence-corrected chi connectivity index (χ1v) is 21.6. The number of aliphatic carboxylic acids is 1. The van der Waals surface area contributed by atoms with Gasteiger partial charge in [-0.2, -0.15) is 3.71 Å². The molecule has 0 aromatic heterocycles. The van der Waals surface area contributed by atoms with Gasteiger partial charge in [0.25, 0.3) is 15.9 Å². The Morgan fingerprint density at radius 3 is 1.86 bits per heavy atom. The number of carboxylic acid groups (broad SMARTS) is 1.